The molecule has 7 heteroatoms. The summed E-state index contributed by atoms with van der Waals surface area (Å²) >= 11 is 0. The number of halogens is 3. The molecule has 0 radical (unpaired) electrons. The van der Waals surface area contributed by atoms with E-state index in [4.69, 9.17) is 4.74 Å². The zero-order valence-electron chi connectivity index (χ0n) is 14.1. The summed E-state index contributed by atoms with van der Waals surface area (Å²) < 4.78 is 45.7. The van der Waals surface area contributed by atoms with Crippen LogP contribution in [-0.2, 0) is 4.79 Å². The number of carbonyl (C=O) groups excluding carboxylic acids is 1. The molecule has 0 saturated carbocycles. The van der Waals surface area contributed by atoms with Crippen molar-refractivity contribution in [3.8, 4) is 5.75 Å². The van der Waals surface area contributed by atoms with E-state index >= 15 is 0 Å². The zero-order chi connectivity index (χ0) is 19.4. The number of alkyl halides is 3. The summed E-state index contributed by atoms with van der Waals surface area (Å²) in [5.41, 5.74) is -1.09. The lowest BCUT2D eigenvalue weighted by molar-refractivity contribution is -0.114. The second-order valence-corrected chi connectivity index (χ2v) is 5.63. The number of hydrazone groups is 1. The Hall–Kier alpha value is -3.35. The van der Waals surface area contributed by atoms with Crippen LogP contribution in [0.5, 0.6) is 5.75 Å². The van der Waals surface area contributed by atoms with Crippen molar-refractivity contribution in [2.45, 2.75) is 6.18 Å². The first-order valence-electron chi connectivity index (χ1n) is 8.01. The van der Waals surface area contributed by atoms with E-state index < -0.39 is 23.4 Å². The highest BCUT2D eigenvalue weighted by Gasteiger charge is 2.46. The number of amides is 1. The molecule has 0 bridgehead atoms. The maximum absolute atomic E-state index is 13.4. The van der Waals surface area contributed by atoms with Gasteiger partial charge in [0.25, 0.3) is 5.91 Å². The molecule has 2 aromatic carbocycles. The lowest BCUT2D eigenvalue weighted by Crippen LogP contribution is -2.25. The maximum Gasteiger partial charge on any atom is 0.435 e. The Labute approximate surface area is 153 Å². The maximum atomic E-state index is 13.4. The molecule has 2 aromatic rings. The summed E-state index contributed by atoms with van der Waals surface area (Å²) in [6, 6.07) is 14.4. The third kappa shape index (κ3) is 4.08. The highest BCUT2D eigenvalue weighted by molar-refractivity contribution is 6.34. The predicted octanol–water partition coefficient (Wildman–Crippen LogP) is 4.60. The van der Waals surface area contributed by atoms with Gasteiger partial charge in [0.15, 0.2) is 5.71 Å². The second-order valence-electron chi connectivity index (χ2n) is 5.63. The highest BCUT2D eigenvalue weighted by atomic mass is 19.4. The van der Waals surface area contributed by atoms with Gasteiger partial charge in [0.1, 0.15) is 12.4 Å². The molecule has 27 heavy (non-hydrogen) atoms. The van der Waals surface area contributed by atoms with E-state index in [2.05, 4.69) is 11.7 Å². The van der Waals surface area contributed by atoms with Crippen LogP contribution in [0, 0.1) is 0 Å². The van der Waals surface area contributed by atoms with Crippen molar-refractivity contribution in [1.82, 2.24) is 0 Å². The van der Waals surface area contributed by atoms with E-state index in [1.165, 1.54) is 18.2 Å². The molecule has 0 fully saturated rings. The van der Waals surface area contributed by atoms with Crippen LogP contribution in [0.15, 0.2) is 77.9 Å². The highest BCUT2D eigenvalue weighted by Crippen LogP contribution is 2.32. The van der Waals surface area contributed by atoms with E-state index in [1.54, 1.807) is 48.5 Å². The first-order valence-corrected chi connectivity index (χ1v) is 8.01. The van der Waals surface area contributed by atoms with Crippen molar-refractivity contribution in [3.05, 3.63) is 78.4 Å². The Morgan fingerprint density at radius 1 is 1.11 bits per heavy atom. The quantitative estimate of drug-likeness (QED) is 0.569. The van der Waals surface area contributed by atoms with E-state index in [0.29, 0.717) is 11.3 Å². The van der Waals surface area contributed by atoms with Crippen LogP contribution in [-0.4, -0.2) is 24.4 Å². The van der Waals surface area contributed by atoms with Crippen LogP contribution in [0.4, 0.5) is 18.9 Å². The third-order valence-electron chi connectivity index (χ3n) is 3.68. The fourth-order valence-electron chi connectivity index (χ4n) is 2.51. The SMILES string of the molecule is C=CCOc1cccc(/C=C2\C(=O)N(c3ccccc3)N=C2C(F)(F)F)c1. The zero-order valence-corrected chi connectivity index (χ0v) is 14.1. The van der Waals surface area contributed by atoms with E-state index in [-0.39, 0.29) is 12.3 Å². The monoisotopic (exact) mass is 372 g/mol. The molecule has 1 aliphatic heterocycles. The summed E-state index contributed by atoms with van der Waals surface area (Å²) in [5.74, 6) is -0.383. The molecular formula is C20H15F3N2O2. The molecule has 138 valence electrons. The molecule has 1 amide bonds. The molecular weight excluding hydrogens is 357 g/mol. The molecule has 0 saturated heterocycles. The minimum Gasteiger partial charge on any atom is -0.490 e. The van der Waals surface area contributed by atoms with Gasteiger partial charge in [-0.05, 0) is 35.9 Å². The van der Waals surface area contributed by atoms with Crippen molar-refractivity contribution in [2.75, 3.05) is 11.6 Å². The summed E-state index contributed by atoms with van der Waals surface area (Å²) in [4.78, 5) is 12.6. The van der Waals surface area contributed by atoms with Crippen LogP contribution >= 0.6 is 0 Å². The molecule has 0 N–H and O–H groups in total. The van der Waals surface area contributed by atoms with Crippen molar-refractivity contribution in [1.29, 1.82) is 0 Å². The van der Waals surface area contributed by atoms with Crippen molar-refractivity contribution >= 4 is 23.4 Å². The number of carbonyl (C=O) groups is 1. The number of anilines is 1. The molecule has 0 unspecified atom stereocenters. The van der Waals surface area contributed by atoms with Gasteiger partial charge in [-0.15, -0.1) is 0 Å². The molecule has 4 nitrogen and oxygen atoms in total. The minimum atomic E-state index is -4.76. The van der Waals surface area contributed by atoms with Crippen LogP contribution in [0.2, 0.25) is 0 Å². The van der Waals surface area contributed by atoms with Gasteiger partial charge in [0.05, 0.1) is 11.3 Å². The van der Waals surface area contributed by atoms with Crippen molar-refractivity contribution in [3.63, 3.8) is 0 Å². The minimum absolute atomic E-state index is 0.260. The van der Waals surface area contributed by atoms with Gasteiger partial charge in [0.2, 0.25) is 0 Å². The lowest BCUT2D eigenvalue weighted by atomic mass is 10.1. The topological polar surface area (TPSA) is 41.9 Å². The number of benzene rings is 2. The normalized spacial score (nSPS) is 15.8. The van der Waals surface area contributed by atoms with Crippen LogP contribution < -0.4 is 9.75 Å². The Bertz CT molecular complexity index is 918. The molecule has 0 aromatic heterocycles. The fourth-order valence-corrected chi connectivity index (χ4v) is 2.51. The second kappa shape index (κ2) is 7.49. The first kappa shape index (κ1) is 18.4. The van der Waals surface area contributed by atoms with Crippen LogP contribution in [0.25, 0.3) is 6.08 Å². The molecule has 1 heterocycles. The third-order valence-corrected chi connectivity index (χ3v) is 3.68. The van der Waals surface area contributed by atoms with E-state index in [9.17, 15) is 18.0 Å². The van der Waals surface area contributed by atoms with Gasteiger partial charge >= 0.3 is 6.18 Å². The number of para-hydroxylation sites is 1. The number of nitrogens with zero attached hydrogens (tertiary/aromatic N) is 2. The number of rotatable bonds is 5. The van der Waals surface area contributed by atoms with Gasteiger partial charge in [-0.2, -0.15) is 23.3 Å². The van der Waals surface area contributed by atoms with Gasteiger partial charge in [0, 0.05) is 0 Å². The van der Waals surface area contributed by atoms with Gasteiger partial charge < -0.3 is 4.74 Å². The summed E-state index contributed by atoms with van der Waals surface area (Å²) in [6.07, 6.45) is -2.04. The lowest BCUT2D eigenvalue weighted by Gasteiger charge is -2.11. The number of hydrogen-bond donors (Lipinski definition) is 0. The summed E-state index contributed by atoms with van der Waals surface area (Å²) in [7, 11) is 0. The average Bonchev–Trinajstić information content (AvgIpc) is 2.98. The average molecular weight is 372 g/mol. The van der Waals surface area contributed by atoms with Crippen molar-refractivity contribution < 1.29 is 22.7 Å². The molecule has 0 atom stereocenters. The van der Waals surface area contributed by atoms with Gasteiger partial charge in [-0.1, -0.05) is 43.0 Å². The molecule has 3 rings (SSSR count). The Balaban J connectivity index is 2.00. The molecule has 1 aliphatic rings. The van der Waals surface area contributed by atoms with E-state index in [0.717, 1.165) is 5.01 Å². The van der Waals surface area contributed by atoms with Crippen LogP contribution in [0.3, 0.4) is 0 Å². The molecule has 0 aliphatic carbocycles. The van der Waals surface area contributed by atoms with Crippen LogP contribution in [0.1, 0.15) is 5.56 Å². The first-order chi connectivity index (χ1) is 12.9. The standard InChI is InChI=1S/C20H15F3N2O2/c1-2-11-27-16-10-6-7-14(12-16)13-17-18(20(21,22)23)24-25(19(17)26)15-8-4-3-5-9-15/h2-10,12-13H,1,11H2/b17-13-. The molecule has 0 spiro atoms. The summed E-state index contributed by atoms with van der Waals surface area (Å²) in [5, 5.41) is 4.28. The summed E-state index contributed by atoms with van der Waals surface area (Å²) in [6.45, 7) is 3.80. The smallest absolute Gasteiger partial charge is 0.435 e. The van der Waals surface area contributed by atoms with Gasteiger partial charge in [-0.3, -0.25) is 4.79 Å². The van der Waals surface area contributed by atoms with Crippen molar-refractivity contribution in [2.24, 2.45) is 5.10 Å². The Morgan fingerprint density at radius 2 is 1.85 bits per heavy atom. The predicted molar refractivity (Wildman–Crippen MR) is 97.5 cm³/mol. The Morgan fingerprint density at radius 3 is 2.52 bits per heavy atom. The van der Waals surface area contributed by atoms with E-state index in [1.807, 2.05) is 0 Å². The number of ether oxygens (including phenoxy) is 1. The Kier molecular flexibility index (Phi) is 5.12. The van der Waals surface area contributed by atoms with Gasteiger partial charge in [-0.25, -0.2) is 0 Å². The fraction of sp³-hybridized carbons (Fsp3) is 0.100. The number of hydrogen-bond acceptors (Lipinski definition) is 3. The largest absolute Gasteiger partial charge is 0.490 e.